The number of aliphatic imine (C=N–C) groups is 1. The topological polar surface area (TPSA) is 68.1 Å². The largest absolute Gasteiger partial charge is 0.493 e. The number of aryl methyl sites for hydroxylation is 1. The van der Waals surface area contributed by atoms with Gasteiger partial charge >= 0.3 is 5.97 Å². The van der Waals surface area contributed by atoms with E-state index in [1.807, 2.05) is 43.3 Å². The third kappa shape index (κ3) is 4.20. The molecule has 1 aliphatic carbocycles. The lowest BCUT2D eigenvalue weighted by atomic mass is 9.85. The lowest BCUT2D eigenvalue weighted by Gasteiger charge is -2.19. The molecule has 2 aromatic rings. The van der Waals surface area contributed by atoms with E-state index in [1.54, 1.807) is 0 Å². The van der Waals surface area contributed by atoms with Crippen LogP contribution >= 0.6 is 0 Å². The van der Waals surface area contributed by atoms with Crippen LogP contribution < -0.4 is 4.74 Å². The normalized spacial score (nSPS) is 23.4. The van der Waals surface area contributed by atoms with Crippen LogP contribution in [0.5, 0.6) is 5.75 Å². The van der Waals surface area contributed by atoms with Crippen LogP contribution in [-0.2, 0) is 16.0 Å². The Morgan fingerprint density at radius 1 is 1.27 bits per heavy atom. The van der Waals surface area contributed by atoms with Gasteiger partial charge < -0.3 is 14.6 Å². The number of carboxylic acid groups (broad SMARTS) is 1. The molecule has 0 amide bonds. The van der Waals surface area contributed by atoms with Crippen LogP contribution in [0.15, 0.2) is 53.5 Å². The minimum Gasteiger partial charge on any atom is -0.493 e. The first-order valence-corrected chi connectivity index (χ1v) is 10.8. The molecule has 0 saturated carbocycles. The summed E-state index contributed by atoms with van der Waals surface area (Å²) in [4.78, 5) is 16.2. The third-order valence-corrected chi connectivity index (χ3v) is 6.30. The fourth-order valence-electron chi connectivity index (χ4n) is 4.62. The van der Waals surface area contributed by atoms with Crippen LogP contribution in [0, 0.1) is 5.92 Å². The van der Waals surface area contributed by atoms with Gasteiger partial charge in [0.15, 0.2) is 0 Å². The second kappa shape index (κ2) is 8.90. The van der Waals surface area contributed by atoms with Gasteiger partial charge in [0.1, 0.15) is 11.9 Å². The van der Waals surface area contributed by atoms with Gasteiger partial charge in [-0.3, -0.25) is 4.79 Å². The highest BCUT2D eigenvalue weighted by atomic mass is 16.5. The molecule has 0 spiro atoms. The molecule has 0 radical (unpaired) electrons. The molecule has 0 bridgehead atoms. The van der Waals surface area contributed by atoms with Crippen molar-refractivity contribution in [2.75, 3.05) is 6.61 Å². The number of carbonyl (C=O) groups is 1. The molecule has 4 unspecified atom stereocenters. The second-order valence-corrected chi connectivity index (χ2v) is 8.19. The number of fused-ring (bicyclic) bond motifs is 1. The zero-order valence-electron chi connectivity index (χ0n) is 17.6. The van der Waals surface area contributed by atoms with Gasteiger partial charge in [0.25, 0.3) is 0 Å². The SMILES string of the molecule is CCC(C(=O)O)C1CCc2cc(OCCC3OC(c4ccccc4)=NC3C)ccc21. The molecular weight excluding hydrogens is 378 g/mol. The smallest absolute Gasteiger partial charge is 0.307 e. The Kier molecular flexibility index (Phi) is 6.07. The molecule has 0 aromatic heterocycles. The Morgan fingerprint density at radius 2 is 2.07 bits per heavy atom. The molecule has 5 nitrogen and oxygen atoms in total. The summed E-state index contributed by atoms with van der Waals surface area (Å²) in [5.41, 5.74) is 3.40. The number of hydrogen-bond donors (Lipinski definition) is 1. The van der Waals surface area contributed by atoms with Gasteiger partial charge in [-0.05, 0) is 67.5 Å². The van der Waals surface area contributed by atoms with E-state index in [2.05, 4.69) is 24.0 Å². The Morgan fingerprint density at radius 3 is 2.80 bits per heavy atom. The van der Waals surface area contributed by atoms with Crippen molar-refractivity contribution in [1.82, 2.24) is 0 Å². The number of benzene rings is 2. The molecular formula is C25H29NO4. The van der Waals surface area contributed by atoms with Crippen molar-refractivity contribution in [3.63, 3.8) is 0 Å². The van der Waals surface area contributed by atoms with Crippen LogP contribution in [0.1, 0.15) is 55.7 Å². The summed E-state index contributed by atoms with van der Waals surface area (Å²) in [6.07, 6.45) is 3.25. The van der Waals surface area contributed by atoms with Gasteiger partial charge in [-0.25, -0.2) is 4.99 Å². The van der Waals surface area contributed by atoms with Gasteiger partial charge in [0.2, 0.25) is 5.90 Å². The summed E-state index contributed by atoms with van der Waals surface area (Å²) in [5.74, 6) is 0.655. The second-order valence-electron chi connectivity index (χ2n) is 8.19. The van der Waals surface area contributed by atoms with Gasteiger partial charge in [-0.1, -0.05) is 31.2 Å². The van der Waals surface area contributed by atoms with Gasteiger partial charge in [-0.15, -0.1) is 0 Å². The highest BCUT2D eigenvalue weighted by Crippen LogP contribution is 2.41. The van der Waals surface area contributed by atoms with Crippen molar-refractivity contribution >= 4 is 11.9 Å². The summed E-state index contributed by atoms with van der Waals surface area (Å²) in [7, 11) is 0. The predicted molar refractivity (Wildman–Crippen MR) is 116 cm³/mol. The van der Waals surface area contributed by atoms with Crippen molar-refractivity contribution in [1.29, 1.82) is 0 Å². The van der Waals surface area contributed by atoms with Crippen molar-refractivity contribution in [3.8, 4) is 5.75 Å². The minimum absolute atomic E-state index is 0.0138. The van der Waals surface area contributed by atoms with E-state index in [-0.39, 0.29) is 24.0 Å². The van der Waals surface area contributed by atoms with E-state index >= 15 is 0 Å². The van der Waals surface area contributed by atoms with Crippen LogP contribution in [0.3, 0.4) is 0 Å². The van der Waals surface area contributed by atoms with Crippen LogP contribution in [-0.4, -0.2) is 35.7 Å². The van der Waals surface area contributed by atoms with Gasteiger partial charge in [-0.2, -0.15) is 0 Å². The zero-order chi connectivity index (χ0) is 21.1. The van der Waals surface area contributed by atoms with Crippen LogP contribution in [0.25, 0.3) is 0 Å². The molecule has 1 N–H and O–H groups in total. The fraction of sp³-hybridized carbons (Fsp3) is 0.440. The molecule has 2 aliphatic rings. The molecule has 0 fully saturated rings. The Bertz CT molecular complexity index is 924. The maximum Gasteiger partial charge on any atom is 0.307 e. The summed E-state index contributed by atoms with van der Waals surface area (Å²) in [6.45, 7) is 4.58. The van der Waals surface area contributed by atoms with Crippen molar-refractivity contribution in [2.24, 2.45) is 10.9 Å². The molecule has 5 heteroatoms. The van der Waals surface area contributed by atoms with E-state index in [0.29, 0.717) is 18.9 Å². The number of aliphatic carboxylic acids is 1. The Labute approximate surface area is 177 Å². The van der Waals surface area contributed by atoms with E-state index in [1.165, 1.54) is 11.1 Å². The van der Waals surface area contributed by atoms with Crippen LogP contribution in [0.4, 0.5) is 0 Å². The van der Waals surface area contributed by atoms with Gasteiger partial charge in [0, 0.05) is 12.0 Å². The summed E-state index contributed by atoms with van der Waals surface area (Å²) < 4.78 is 12.1. The number of carboxylic acids is 1. The molecule has 2 aromatic carbocycles. The minimum atomic E-state index is -0.696. The van der Waals surface area contributed by atoms with Crippen molar-refractivity contribution < 1.29 is 19.4 Å². The number of nitrogens with zero attached hydrogens (tertiary/aromatic N) is 1. The van der Waals surface area contributed by atoms with E-state index in [9.17, 15) is 9.90 Å². The summed E-state index contributed by atoms with van der Waals surface area (Å²) in [5, 5.41) is 9.50. The lowest BCUT2D eigenvalue weighted by Crippen LogP contribution is -2.22. The predicted octanol–water partition coefficient (Wildman–Crippen LogP) is 4.83. The Balaban J connectivity index is 1.32. The van der Waals surface area contributed by atoms with Crippen LogP contribution in [0.2, 0.25) is 0 Å². The van der Waals surface area contributed by atoms with E-state index < -0.39 is 5.97 Å². The first-order valence-electron chi connectivity index (χ1n) is 10.8. The number of hydrogen-bond acceptors (Lipinski definition) is 4. The lowest BCUT2D eigenvalue weighted by molar-refractivity contribution is -0.142. The number of ether oxygens (including phenoxy) is 2. The maximum atomic E-state index is 11.6. The standard InChI is InChI=1S/C25H29NO4/c1-3-20(25(27)28)22-11-9-18-15-19(10-12-21(18)22)29-14-13-23-16(2)26-24(30-23)17-7-5-4-6-8-17/h4-8,10,12,15-16,20,22-23H,3,9,11,13-14H2,1-2H3,(H,27,28). The van der Waals surface area contributed by atoms with Crippen molar-refractivity contribution in [2.45, 2.75) is 57.6 Å². The fourth-order valence-corrected chi connectivity index (χ4v) is 4.62. The average molecular weight is 408 g/mol. The highest BCUT2D eigenvalue weighted by molar-refractivity contribution is 5.95. The molecule has 0 saturated heterocycles. The molecule has 4 rings (SSSR count). The first kappa shape index (κ1) is 20.5. The van der Waals surface area contributed by atoms with Crippen molar-refractivity contribution in [3.05, 3.63) is 65.2 Å². The molecule has 158 valence electrons. The quantitative estimate of drug-likeness (QED) is 0.680. The Hall–Kier alpha value is -2.82. The summed E-state index contributed by atoms with van der Waals surface area (Å²) >= 11 is 0. The molecule has 1 heterocycles. The maximum absolute atomic E-state index is 11.6. The zero-order valence-corrected chi connectivity index (χ0v) is 17.6. The summed E-state index contributed by atoms with van der Waals surface area (Å²) in [6, 6.07) is 16.2. The third-order valence-electron chi connectivity index (χ3n) is 6.30. The number of rotatable bonds is 8. The molecule has 1 aliphatic heterocycles. The molecule has 30 heavy (non-hydrogen) atoms. The molecule has 4 atom stereocenters. The monoisotopic (exact) mass is 407 g/mol. The van der Waals surface area contributed by atoms with E-state index in [4.69, 9.17) is 9.47 Å². The van der Waals surface area contributed by atoms with Gasteiger partial charge in [0.05, 0.1) is 18.6 Å². The first-order chi connectivity index (χ1) is 14.6. The average Bonchev–Trinajstić information content (AvgIpc) is 3.33. The highest BCUT2D eigenvalue weighted by Gasteiger charge is 2.33. The van der Waals surface area contributed by atoms with E-state index in [0.717, 1.165) is 30.6 Å².